The molecule has 7 heteroatoms. The monoisotopic (exact) mass is 365 g/mol. The highest BCUT2D eigenvalue weighted by Crippen LogP contribution is 2.25. The average Bonchev–Trinajstić information content (AvgIpc) is 3.07. The number of carbonyl (C=O) groups excluding carboxylic acids is 1. The molecule has 128 valence electrons. The zero-order valence-corrected chi connectivity index (χ0v) is 15.1. The van der Waals surface area contributed by atoms with Crippen molar-refractivity contribution in [2.75, 3.05) is 19.9 Å². The quantitative estimate of drug-likeness (QED) is 0.703. The fourth-order valence-electron chi connectivity index (χ4n) is 2.30. The maximum absolute atomic E-state index is 12.3. The SMILES string of the molecule is COc1ccccc1CC(CNC(=O)c1sccc1SC)C(=O)O. The van der Waals surface area contributed by atoms with Gasteiger partial charge in [0.2, 0.25) is 0 Å². The Hall–Kier alpha value is -1.99. The van der Waals surface area contributed by atoms with Crippen molar-refractivity contribution in [2.24, 2.45) is 5.92 Å². The molecule has 1 atom stereocenters. The van der Waals surface area contributed by atoms with Crippen molar-refractivity contribution in [3.8, 4) is 5.75 Å². The zero-order valence-electron chi connectivity index (χ0n) is 13.4. The van der Waals surface area contributed by atoms with Crippen LogP contribution in [0.3, 0.4) is 0 Å². The van der Waals surface area contributed by atoms with Crippen LogP contribution in [0, 0.1) is 5.92 Å². The molecule has 0 aliphatic heterocycles. The van der Waals surface area contributed by atoms with Crippen LogP contribution in [0.2, 0.25) is 0 Å². The van der Waals surface area contributed by atoms with Crippen LogP contribution in [0.5, 0.6) is 5.75 Å². The van der Waals surface area contributed by atoms with Crippen molar-refractivity contribution in [1.82, 2.24) is 5.32 Å². The van der Waals surface area contributed by atoms with Gasteiger partial charge in [-0.2, -0.15) is 0 Å². The highest BCUT2D eigenvalue weighted by molar-refractivity contribution is 7.98. The first-order valence-corrected chi connectivity index (χ1v) is 9.41. The lowest BCUT2D eigenvalue weighted by Crippen LogP contribution is -2.34. The molecule has 0 bridgehead atoms. The summed E-state index contributed by atoms with van der Waals surface area (Å²) in [5, 5.41) is 14.0. The summed E-state index contributed by atoms with van der Waals surface area (Å²) in [7, 11) is 1.55. The first kappa shape index (κ1) is 18.4. The minimum absolute atomic E-state index is 0.0674. The minimum atomic E-state index is -0.947. The number of para-hydroxylation sites is 1. The van der Waals surface area contributed by atoms with Crippen LogP contribution in [0.1, 0.15) is 15.2 Å². The van der Waals surface area contributed by atoms with Gasteiger partial charge in [0.15, 0.2) is 0 Å². The van der Waals surface area contributed by atoms with Crippen LogP contribution in [-0.4, -0.2) is 36.9 Å². The first-order chi connectivity index (χ1) is 11.6. The third kappa shape index (κ3) is 4.52. The molecule has 0 saturated carbocycles. The molecule has 1 heterocycles. The van der Waals surface area contributed by atoms with Crippen molar-refractivity contribution in [1.29, 1.82) is 0 Å². The van der Waals surface area contributed by atoms with Gasteiger partial charge in [-0.05, 0) is 35.8 Å². The molecule has 0 radical (unpaired) electrons. The van der Waals surface area contributed by atoms with E-state index in [1.807, 2.05) is 35.9 Å². The van der Waals surface area contributed by atoms with Crippen molar-refractivity contribution in [2.45, 2.75) is 11.3 Å². The van der Waals surface area contributed by atoms with Gasteiger partial charge in [0.05, 0.1) is 13.0 Å². The van der Waals surface area contributed by atoms with Crippen molar-refractivity contribution < 1.29 is 19.4 Å². The third-order valence-corrected chi connectivity index (χ3v) is 5.39. The van der Waals surface area contributed by atoms with Gasteiger partial charge < -0.3 is 15.2 Å². The molecular weight excluding hydrogens is 346 g/mol. The van der Waals surface area contributed by atoms with Crippen LogP contribution in [-0.2, 0) is 11.2 Å². The molecule has 0 aliphatic rings. The van der Waals surface area contributed by atoms with Crippen molar-refractivity contribution in [3.63, 3.8) is 0 Å². The topological polar surface area (TPSA) is 75.6 Å². The molecule has 0 aliphatic carbocycles. The molecule has 0 spiro atoms. The smallest absolute Gasteiger partial charge is 0.308 e. The molecule has 1 amide bonds. The number of hydrogen-bond donors (Lipinski definition) is 2. The summed E-state index contributed by atoms with van der Waals surface area (Å²) in [5.41, 5.74) is 0.808. The van der Waals surface area contributed by atoms with Crippen LogP contribution < -0.4 is 10.1 Å². The fraction of sp³-hybridized carbons (Fsp3) is 0.294. The van der Waals surface area contributed by atoms with E-state index in [0.29, 0.717) is 17.0 Å². The lowest BCUT2D eigenvalue weighted by atomic mass is 9.98. The van der Waals surface area contributed by atoms with Gasteiger partial charge in [-0.25, -0.2) is 0 Å². The van der Waals surface area contributed by atoms with E-state index in [1.165, 1.54) is 23.1 Å². The van der Waals surface area contributed by atoms with Gasteiger partial charge in [0, 0.05) is 11.4 Å². The van der Waals surface area contributed by atoms with Gasteiger partial charge in [0.1, 0.15) is 10.6 Å². The lowest BCUT2D eigenvalue weighted by Gasteiger charge is -2.15. The lowest BCUT2D eigenvalue weighted by molar-refractivity contribution is -0.141. The average molecular weight is 365 g/mol. The summed E-state index contributed by atoms with van der Waals surface area (Å²) >= 11 is 2.85. The Morgan fingerprint density at radius 2 is 2.08 bits per heavy atom. The van der Waals surface area contributed by atoms with Crippen molar-refractivity contribution >= 4 is 35.0 Å². The van der Waals surface area contributed by atoms with Gasteiger partial charge >= 0.3 is 5.97 Å². The molecule has 0 saturated heterocycles. The van der Waals surface area contributed by atoms with E-state index in [-0.39, 0.29) is 12.5 Å². The highest BCUT2D eigenvalue weighted by atomic mass is 32.2. The van der Waals surface area contributed by atoms with E-state index >= 15 is 0 Å². The van der Waals surface area contributed by atoms with E-state index in [9.17, 15) is 14.7 Å². The van der Waals surface area contributed by atoms with Gasteiger partial charge in [-0.3, -0.25) is 9.59 Å². The predicted molar refractivity (Wildman–Crippen MR) is 96.3 cm³/mol. The standard InChI is InChI=1S/C17H19NO4S2/c1-22-13-6-4-3-5-11(13)9-12(17(20)21)10-18-16(19)15-14(23-2)7-8-24-15/h3-8,12H,9-10H2,1-2H3,(H,18,19)(H,20,21). The Balaban J connectivity index is 2.04. The number of thioether (sulfide) groups is 1. The van der Waals surface area contributed by atoms with Crippen LogP contribution >= 0.6 is 23.1 Å². The Labute approximate surface area is 149 Å². The maximum Gasteiger partial charge on any atom is 0.308 e. The summed E-state index contributed by atoms with van der Waals surface area (Å²) in [6.45, 7) is 0.0674. The largest absolute Gasteiger partial charge is 0.496 e. The van der Waals surface area contributed by atoms with E-state index in [0.717, 1.165) is 10.5 Å². The number of benzene rings is 1. The molecule has 24 heavy (non-hydrogen) atoms. The van der Waals surface area contributed by atoms with E-state index < -0.39 is 11.9 Å². The normalized spacial score (nSPS) is 11.8. The Kier molecular flexibility index (Phi) is 6.69. The maximum atomic E-state index is 12.3. The molecule has 1 unspecified atom stereocenters. The van der Waals surface area contributed by atoms with E-state index in [4.69, 9.17) is 4.74 Å². The van der Waals surface area contributed by atoms with Gasteiger partial charge in [-0.15, -0.1) is 23.1 Å². The zero-order chi connectivity index (χ0) is 17.5. The van der Waals surface area contributed by atoms with Crippen LogP contribution in [0.4, 0.5) is 0 Å². The molecule has 0 fully saturated rings. The number of methoxy groups -OCH3 is 1. The second kappa shape index (κ2) is 8.75. The second-order valence-corrected chi connectivity index (χ2v) is 6.84. The molecule has 2 N–H and O–H groups in total. The van der Waals surface area contributed by atoms with E-state index in [1.54, 1.807) is 13.2 Å². The third-order valence-electron chi connectivity index (χ3n) is 3.57. The number of nitrogens with one attached hydrogen (secondary N) is 1. The molecular formula is C17H19NO4S2. The number of carbonyl (C=O) groups is 2. The summed E-state index contributed by atoms with van der Waals surface area (Å²) in [4.78, 5) is 25.3. The summed E-state index contributed by atoms with van der Waals surface area (Å²) in [6, 6.07) is 9.19. The van der Waals surface area contributed by atoms with Crippen LogP contribution in [0.25, 0.3) is 0 Å². The Bertz CT molecular complexity index is 714. The van der Waals surface area contributed by atoms with Crippen LogP contribution in [0.15, 0.2) is 40.6 Å². The number of hydrogen-bond acceptors (Lipinski definition) is 5. The predicted octanol–water partition coefficient (Wildman–Crippen LogP) is 3.15. The number of carboxylic acids is 1. The van der Waals surface area contributed by atoms with E-state index in [2.05, 4.69) is 5.32 Å². The molecule has 1 aromatic heterocycles. The number of thiophene rings is 1. The first-order valence-electron chi connectivity index (χ1n) is 7.31. The van der Waals surface area contributed by atoms with Crippen molar-refractivity contribution in [3.05, 3.63) is 46.2 Å². The Morgan fingerprint density at radius 1 is 1.33 bits per heavy atom. The number of aliphatic carboxylic acids is 1. The van der Waals surface area contributed by atoms with Gasteiger partial charge in [-0.1, -0.05) is 18.2 Å². The summed E-state index contributed by atoms with van der Waals surface area (Å²) in [6.07, 6.45) is 2.19. The number of amides is 1. The molecule has 5 nitrogen and oxygen atoms in total. The highest BCUT2D eigenvalue weighted by Gasteiger charge is 2.22. The van der Waals surface area contributed by atoms with Gasteiger partial charge in [0.25, 0.3) is 5.91 Å². The summed E-state index contributed by atoms with van der Waals surface area (Å²) in [5.74, 6) is -1.25. The molecule has 2 rings (SSSR count). The number of ether oxygens (including phenoxy) is 1. The molecule has 2 aromatic rings. The molecule has 1 aromatic carbocycles. The number of carboxylic acid groups (broad SMARTS) is 1. The minimum Gasteiger partial charge on any atom is -0.496 e. The second-order valence-electron chi connectivity index (χ2n) is 5.08. The fourth-order valence-corrected chi connectivity index (χ4v) is 3.97. The Morgan fingerprint density at radius 3 is 2.75 bits per heavy atom. The summed E-state index contributed by atoms with van der Waals surface area (Å²) < 4.78 is 5.26. The number of rotatable bonds is 8.